The average molecular weight is 299 g/mol. The van der Waals surface area contributed by atoms with Gasteiger partial charge < -0.3 is 5.32 Å². The molecule has 0 spiro atoms. The van der Waals surface area contributed by atoms with Crippen LogP contribution in [0.4, 0.5) is 5.69 Å². The topological polar surface area (TPSA) is 12.0 Å². The van der Waals surface area contributed by atoms with E-state index in [1.54, 1.807) is 0 Å². The number of anilines is 1. The third-order valence-corrected chi connectivity index (χ3v) is 4.67. The highest BCUT2D eigenvalue weighted by Crippen LogP contribution is 2.31. The quantitative estimate of drug-likeness (QED) is 0.636. The molecule has 1 unspecified atom stereocenters. The van der Waals surface area contributed by atoms with Crippen LogP contribution in [0.15, 0.2) is 53.4 Å². The Bertz CT molecular complexity index is 548. The Morgan fingerprint density at radius 2 is 1.67 bits per heavy atom. The van der Waals surface area contributed by atoms with Gasteiger partial charge in [0.15, 0.2) is 0 Å². The van der Waals surface area contributed by atoms with Crippen molar-refractivity contribution >= 4 is 17.4 Å². The highest BCUT2D eigenvalue weighted by molar-refractivity contribution is 7.99. The summed E-state index contributed by atoms with van der Waals surface area (Å²) in [5.74, 6) is 1.10. The van der Waals surface area contributed by atoms with E-state index in [0.717, 1.165) is 18.6 Å². The lowest BCUT2D eigenvalue weighted by molar-refractivity contribution is 0.746. The summed E-state index contributed by atoms with van der Waals surface area (Å²) < 4.78 is 0. The van der Waals surface area contributed by atoms with Crippen LogP contribution in [0.25, 0.3) is 0 Å². The summed E-state index contributed by atoms with van der Waals surface area (Å²) in [7, 11) is 0. The Morgan fingerprint density at radius 3 is 2.29 bits per heavy atom. The summed E-state index contributed by atoms with van der Waals surface area (Å²) in [5.41, 5.74) is 4.01. The van der Waals surface area contributed by atoms with Crippen LogP contribution in [0.3, 0.4) is 0 Å². The lowest BCUT2D eigenvalue weighted by atomic mass is 10.0. The molecule has 0 fully saturated rings. The van der Waals surface area contributed by atoms with E-state index in [0.29, 0.717) is 6.04 Å². The standard InChI is InChI=1S/C19H25NS/c1-4-15-11-13-16(14-12-15)17(5-2)20-18-9-7-8-10-19(18)21-6-3/h7-14,17,20H,4-6H2,1-3H3. The van der Waals surface area contributed by atoms with Crippen LogP contribution in [-0.2, 0) is 6.42 Å². The van der Waals surface area contributed by atoms with E-state index in [2.05, 4.69) is 74.6 Å². The van der Waals surface area contributed by atoms with Crippen molar-refractivity contribution in [1.82, 2.24) is 0 Å². The molecule has 112 valence electrons. The van der Waals surface area contributed by atoms with Gasteiger partial charge in [0.1, 0.15) is 0 Å². The fourth-order valence-corrected chi connectivity index (χ4v) is 3.23. The van der Waals surface area contributed by atoms with Crippen molar-refractivity contribution in [3.63, 3.8) is 0 Å². The molecule has 1 atom stereocenters. The molecule has 0 aromatic heterocycles. The van der Waals surface area contributed by atoms with Crippen molar-refractivity contribution in [2.75, 3.05) is 11.1 Å². The van der Waals surface area contributed by atoms with Gasteiger partial charge in [-0.1, -0.05) is 57.2 Å². The highest BCUT2D eigenvalue weighted by Gasteiger charge is 2.11. The van der Waals surface area contributed by atoms with E-state index in [9.17, 15) is 0 Å². The van der Waals surface area contributed by atoms with Gasteiger partial charge in [-0.15, -0.1) is 11.8 Å². The van der Waals surface area contributed by atoms with E-state index in [4.69, 9.17) is 0 Å². The van der Waals surface area contributed by atoms with Gasteiger partial charge in [0.2, 0.25) is 0 Å². The van der Waals surface area contributed by atoms with Gasteiger partial charge in [0, 0.05) is 10.6 Å². The molecule has 2 rings (SSSR count). The molecule has 1 N–H and O–H groups in total. The first-order valence-electron chi connectivity index (χ1n) is 7.85. The summed E-state index contributed by atoms with van der Waals surface area (Å²) in [5, 5.41) is 3.72. The fraction of sp³-hybridized carbons (Fsp3) is 0.368. The first-order valence-corrected chi connectivity index (χ1v) is 8.84. The summed E-state index contributed by atoms with van der Waals surface area (Å²) in [6, 6.07) is 18.0. The smallest absolute Gasteiger partial charge is 0.0511 e. The average Bonchev–Trinajstić information content (AvgIpc) is 2.54. The van der Waals surface area contributed by atoms with Crippen LogP contribution in [0.1, 0.15) is 44.4 Å². The maximum Gasteiger partial charge on any atom is 0.0511 e. The second-order valence-corrected chi connectivity index (χ2v) is 6.44. The molecule has 0 aliphatic rings. The number of benzene rings is 2. The minimum atomic E-state index is 0.370. The molecule has 2 aromatic rings. The van der Waals surface area contributed by atoms with Crippen LogP contribution < -0.4 is 5.32 Å². The van der Waals surface area contributed by atoms with Gasteiger partial charge in [0.25, 0.3) is 0 Å². The van der Waals surface area contributed by atoms with E-state index in [1.165, 1.54) is 21.7 Å². The Morgan fingerprint density at radius 1 is 0.952 bits per heavy atom. The van der Waals surface area contributed by atoms with Crippen LogP contribution in [-0.4, -0.2) is 5.75 Å². The molecule has 2 heteroatoms. The summed E-state index contributed by atoms with van der Waals surface area (Å²) in [6.07, 6.45) is 2.18. The van der Waals surface area contributed by atoms with E-state index < -0.39 is 0 Å². The van der Waals surface area contributed by atoms with Crippen molar-refractivity contribution in [3.05, 3.63) is 59.7 Å². The number of hydrogen-bond acceptors (Lipinski definition) is 2. The molecule has 0 radical (unpaired) electrons. The number of para-hydroxylation sites is 1. The van der Waals surface area contributed by atoms with Gasteiger partial charge in [-0.3, -0.25) is 0 Å². The Labute approximate surface area is 133 Å². The largest absolute Gasteiger partial charge is 0.377 e. The Hall–Kier alpha value is -1.41. The molecule has 21 heavy (non-hydrogen) atoms. The third-order valence-electron chi connectivity index (χ3n) is 3.72. The summed E-state index contributed by atoms with van der Waals surface area (Å²) in [6.45, 7) is 6.63. The van der Waals surface area contributed by atoms with Crippen molar-refractivity contribution in [1.29, 1.82) is 0 Å². The number of rotatable bonds is 7. The number of hydrogen-bond donors (Lipinski definition) is 1. The fourth-order valence-electron chi connectivity index (χ4n) is 2.46. The lowest BCUT2D eigenvalue weighted by Gasteiger charge is -2.21. The van der Waals surface area contributed by atoms with Gasteiger partial charge in [-0.25, -0.2) is 0 Å². The third kappa shape index (κ3) is 4.28. The Balaban J connectivity index is 2.18. The van der Waals surface area contributed by atoms with Crippen molar-refractivity contribution in [3.8, 4) is 0 Å². The summed E-state index contributed by atoms with van der Waals surface area (Å²) >= 11 is 1.89. The monoisotopic (exact) mass is 299 g/mol. The molecule has 2 aromatic carbocycles. The molecular weight excluding hydrogens is 274 g/mol. The maximum atomic E-state index is 3.72. The zero-order valence-corrected chi connectivity index (χ0v) is 14.0. The van der Waals surface area contributed by atoms with E-state index in [-0.39, 0.29) is 0 Å². The number of nitrogens with one attached hydrogen (secondary N) is 1. The van der Waals surface area contributed by atoms with Gasteiger partial charge >= 0.3 is 0 Å². The van der Waals surface area contributed by atoms with Crippen LogP contribution in [0.5, 0.6) is 0 Å². The normalized spacial score (nSPS) is 12.1. The molecule has 0 aliphatic carbocycles. The van der Waals surface area contributed by atoms with E-state index >= 15 is 0 Å². The van der Waals surface area contributed by atoms with Crippen molar-refractivity contribution < 1.29 is 0 Å². The molecule has 0 heterocycles. The molecule has 0 bridgehead atoms. The number of thioether (sulfide) groups is 1. The predicted octanol–water partition coefficient (Wildman–Crippen LogP) is 5.92. The molecule has 0 amide bonds. The molecule has 0 saturated carbocycles. The second-order valence-electron chi connectivity index (χ2n) is 5.13. The lowest BCUT2D eigenvalue weighted by Crippen LogP contribution is -2.10. The summed E-state index contributed by atoms with van der Waals surface area (Å²) in [4.78, 5) is 1.34. The zero-order chi connectivity index (χ0) is 15.1. The van der Waals surface area contributed by atoms with Crippen LogP contribution in [0.2, 0.25) is 0 Å². The zero-order valence-electron chi connectivity index (χ0n) is 13.2. The van der Waals surface area contributed by atoms with Crippen molar-refractivity contribution in [2.45, 2.75) is 44.6 Å². The van der Waals surface area contributed by atoms with Gasteiger partial charge in [0.05, 0.1) is 6.04 Å². The predicted molar refractivity (Wildman–Crippen MR) is 95.3 cm³/mol. The first-order chi connectivity index (χ1) is 10.3. The van der Waals surface area contributed by atoms with Gasteiger partial charge in [-0.2, -0.15) is 0 Å². The molecule has 0 saturated heterocycles. The first kappa shape index (κ1) is 16.0. The second kappa shape index (κ2) is 8.14. The van der Waals surface area contributed by atoms with E-state index in [1.807, 2.05) is 11.8 Å². The molecular formula is C19H25NS. The van der Waals surface area contributed by atoms with Crippen LogP contribution >= 0.6 is 11.8 Å². The van der Waals surface area contributed by atoms with Crippen LogP contribution in [0, 0.1) is 0 Å². The van der Waals surface area contributed by atoms with Crippen molar-refractivity contribution in [2.24, 2.45) is 0 Å². The molecule has 0 aliphatic heterocycles. The van der Waals surface area contributed by atoms with Gasteiger partial charge in [-0.05, 0) is 41.9 Å². The highest BCUT2D eigenvalue weighted by atomic mass is 32.2. The minimum absolute atomic E-state index is 0.370. The SMILES string of the molecule is CCSc1ccccc1NC(CC)c1ccc(CC)cc1. The number of aryl methyl sites for hydroxylation is 1. The maximum absolute atomic E-state index is 3.72. The Kier molecular flexibility index (Phi) is 6.19. The minimum Gasteiger partial charge on any atom is -0.377 e. The molecule has 1 nitrogen and oxygen atoms in total.